The molecule has 23 heavy (non-hydrogen) atoms. The number of anilines is 1. The van der Waals surface area contributed by atoms with Crippen molar-refractivity contribution >= 4 is 30.0 Å². The van der Waals surface area contributed by atoms with E-state index in [1.807, 2.05) is 43.1 Å². The Morgan fingerprint density at radius 1 is 1.35 bits per heavy atom. The number of benzene rings is 1. The lowest BCUT2D eigenvalue weighted by Gasteiger charge is -2.17. The Labute approximate surface area is 143 Å². The number of rotatable bonds is 5. The third-order valence-corrected chi connectivity index (χ3v) is 3.81. The van der Waals surface area contributed by atoms with Gasteiger partial charge in [-0.2, -0.15) is 0 Å². The molecule has 2 rings (SSSR count). The van der Waals surface area contributed by atoms with Gasteiger partial charge in [0.1, 0.15) is 0 Å². The van der Waals surface area contributed by atoms with E-state index in [4.69, 9.17) is 0 Å². The highest BCUT2D eigenvalue weighted by Crippen LogP contribution is 2.15. The number of urea groups is 1. The van der Waals surface area contributed by atoms with Crippen molar-refractivity contribution in [1.29, 1.82) is 0 Å². The van der Waals surface area contributed by atoms with E-state index in [1.165, 1.54) is 0 Å². The van der Waals surface area contributed by atoms with E-state index in [-0.39, 0.29) is 30.9 Å². The highest BCUT2D eigenvalue weighted by atomic mass is 35.5. The van der Waals surface area contributed by atoms with E-state index in [0.29, 0.717) is 5.92 Å². The molecule has 1 heterocycles. The van der Waals surface area contributed by atoms with Gasteiger partial charge in [0.2, 0.25) is 5.91 Å². The lowest BCUT2D eigenvalue weighted by molar-refractivity contribution is -0.129. The van der Waals surface area contributed by atoms with E-state index >= 15 is 0 Å². The number of nitrogens with zero attached hydrogens (tertiary/aromatic N) is 1. The number of carbonyl (C=O) groups excluding carboxylic acids is 2. The molecule has 1 fully saturated rings. The van der Waals surface area contributed by atoms with Crippen LogP contribution >= 0.6 is 12.4 Å². The normalized spacial score (nSPS) is 16.6. The van der Waals surface area contributed by atoms with Gasteiger partial charge in [0.15, 0.2) is 0 Å². The van der Waals surface area contributed by atoms with E-state index in [9.17, 15) is 9.59 Å². The van der Waals surface area contributed by atoms with Crippen LogP contribution in [0.2, 0.25) is 0 Å². The molecule has 7 heteroatoms. The summed E-state index contributed by atoms with van der Waals surface area (Å²) in [5, 5.41) is 8.48. The summed E-state index contributed by atoms with van der Waals surface area (Å²) in [6.07, 6.45) is 1.02. The van der Waals surface area contributed by atoms with Crippen molar-refractivity contribution in [2.75, 3.05) is 38.5 Å². The van der Waals surface area contributed by atoms with Crippen LogP contribution in [0.15, 0.2) is 24.3 Å². The fraction of sp³-hybridized carbons (Fsp3) is 0.500. The number of amides is 3. The average molecular weight is 341 g/mol. The van der Waals surface area contributed by atoms with Gasteiger partial charge in [-0.15, -0.1) is 12.4 Å². The van der Waals surface area contributed by atoms with Gasteiger partial charge in [0.05, 0.1) is 6.54 Å². The summed E-state index contributed by atoms with van der Waals surface area (Å²) in [5.74, 6) is 0.480. The molecule has 0 saturated carbocycles. The zero-order valence-corrected chi connectivity index (χ0v) is 14.4. The summed E-state index contributed by atoms with van der Waals surface area (Å²) in [5.41, 5.74) is 1.79. The monoisotopic (exact) mass is 340 g/mol. The second-order valence-corrected chi connectivity index (χ2v) is 5.73. The van der Waals surface area contributed by atoms with Crippen LogP contribution in [-0.4, -0.2) is 50.1 Å². The van der Waals surface area contributed by atoms with Crippen molar-refractivity contribution < 1.29 is 9.59 Å². The van der Waals surface area contributed by atoms with Crippen LogP contribution in [0.3, 0.4) is 0 Å². The molecule has 1 atom stereocenters. The van der Waals surface area contributed by atoms with Crippen molar-refractivity contribution in [3.8, 4) is 0 Å². The minimum absolute atomic E-state index is 0. The molecule has 1 unspecified atom stereocenters. The largest absolute Gasteiger partial charge is 0.341 e. The van der Waals surface area contributed by atoms with Crippen LogP contribution in [0, 0.1) is 12.8 Å². The van der Waals surface area contributed by atoms with E-state index < -0.39 is 0 Å². The lowest BCUT2D eigenvalue weighted by atomic mass is 10.1. The van der Waals surface area contributed by atoms with Gasteiger partial charge in [-0.1, -0.05) is 12.1 Å². The maximum Gasteiger partial charge on any atom is 0.319 e. The Morgan fingerprint density at radius 2 is 2.13 bits per heavy atom. The molecule has 1 saturated heterocycles. The summed E-state index contributed by atoms with van der Waals surface area (Å²) in [4.78, 5) is 25.7. The second kappa shape index (κ2) is 9.37. The molecule has 128 valence electrons. The van der Waals surface area contributed by atoms with Crippen molar-refractivity contribution in [2.45, 2.75) is 13.3 Å². The first-order chi connectivity index (χ1) is 10.6. The zero-order valence-electron chi connectivity index (χ0n) is 13.6. The molecule has 0 aromatic heterocycles. The standard InChI is InChI=1S/C16H24N4O2.ClH/c1-12-4-3-5-14(8-12)19-16(22)18-10-15(21)20-7-6-13(11-20)9-17-2;/h3-5,8,13,17H,6-7,9-11H2,1-2H3,(H2,18,19,22);1H. The SMILES string of the molecule is CNCC1CCN(C(=O)CNC(=O)Nc2cccc(C)c2)C1.Cl. The summed E-state index contributed by atoms with van der Waals surface area (Å²) >= 11 is 0. The minimum Gasteiger partial charge on any atom is -0.341 e. The maximum atomic E-state index is 12.1. The Morgan fingerprint density at radius 3 is 2.83 bits per heavy atom. The van der Waals surface area contributed by atoms with Crippen molar-refractivity contribution in [3.05, 3.63) is 29.8 Å². The molecular weight excluding hydrogens is 316 g/mol. The topological polar surface area (TPSA) is 73.5 Å². The van der Waals surface area contributed by atoms with Crippen molar-refractivity contribution in [2.24, 2.45) is 5.92 Å². The fourth-order valence-electron chi connectivity index (χ4n) is 2.68. The maximum absolute atomic E-state index is 12.1. The van der Waals surface area contributed by atoms with Crippen molar-refractivity contribution in [1.82, 2.24) is 15.5 Å². The first kappa shape index (κ1) is 19.3. The van der Waals surface area contributed by atoms with Crippen LogP contribution in [-0.2, 0) is 4.79 Å². The highest BCUT2D eigenvalue weighted by Gasteiger charge is 2.25. The number of aryl methyl sites for hydroxylation is 1. The van der Waals surface area contributed by atoms with E-state index in [0.717, 1.165) is 37.3 Å². The smallest absolute Gasteiger partial charge is 0.319 e. The quantitative estimate of drug-likeness (QED) is 0.762. The second-order valence-electron chi connectivity index (χ2n) is 5.73. The average Bonchev–Trinajstić information content (AvgIpc) is 2.94. The fourth-order valence-corrected chi connectivity index (χ4v) is 2.68. The number of halogens is 1. The Bertz CT molecular complexity index is 539. The van der Waals surface area contributed by atoms with E-state index in [1.54, 1.807) is 0 Å². The third kappa shape index (κ3) is 6.08. The van der Waals surface area contributed by atoms with Gasteiger partial charge in [-0.3, -0.25) is 4.79 Å². The van der Waals surface area contributed by atoms with Crippen LogP contribution in [0.5, 0.6) is 0 Å². The number of hydrogen-bond acceptors (Lipinski definition) is 3. The number of likely N-dealkylation sites (tertiary alicyclic amines) is 1. The van der Waals surface area contributed by atoms with Gasteiger partial charge < -0.3 is 20.9 Å². The van der Waals surface area contributed by atoms with Crippen LogP contribution in [0.1, 0.15) is 12.0 Å². The molecule has 3 N–H and O–H groups in total. The molecule has 1 aromatic rings. The van der Waals surface area contributed by atoms with Crippen molar-refractivity contribution in [3.63, 3.8) is 0 Å². The Hall–Kier alpha value is -1.79. The summed E-state index contributed by atoms with van der Waals surface area (Å²) in [6, 6.07) is 7.18. The first-order valence-electron chi connectivity index (χ1n) is 7.62. The summed E-state index contributed by atoms with van der Waals surface area (Å²) < 4.78 is 0. The molecular formula is C16H25ClN4O2. The molecule has 3 amide bonds. The molecule has 0 spiro atoms. The number of carbonyl (C=O) groups is 2. The van der Waals surface area contributed by atoms with Gasteiger partial charge in [0.25, 0.3) is 0 Å². The Kier molecular flexibility index (Phi) is 7.85. The molecule has 6 nitrogen and oxygen atoms in total. The summed E-state index contributed by atoms with van der Waals surface area (Å²) in [7, 11) is 1.92. The van der Waals surface area contributed by atoms with Gasteiger partial charge in [-0.05, 0) is 50.6 Å². The molecule has 0 radical (unpaired) electrons. The first-order valence-corrected chi connectivity index (χ1v) is 7.62. The van der Waals surface area contributed by atoms with Gasteiger partial charge >= 0.3 is 6.03 Å². The van der Waals surface area contributed by atoms with Crippen LogP contribution in [0.25, 0.3) is 0 Å². The lowest BCUT2D eigenvalue weighted by Crippen LogP contribution is -2.40. The van der Waals surface area contributed by atoms with Gasteiger partial charge in [-0.25, -0.2) is 4.79 Å². The number of hydrogen-bond donors (Lipinski definition) is 3. The Balaban J connectivity index is 0.00000264. The number of nitrogens with one attached hydrogen (secondary N) is 3. The molecule has 1 aliphatic heterocycles. The predicted octanol–water partition coefficient (Wildman–Crippen LogP) is 1.61. The van der Waals surface area contributed by atoms with Crippen LogP contribution in [0.4, 0.5) is 10.5 Å². The van der Waals surface area contributed by atoms with E-state index in [2.05, 4.69) is 16.0 Å². The predicted molar refractivity (Wildman–Crippen MR) is 94.1 cm³/mol. The molecule has 1 aromatic carbocycles. The molecule has 1 aliphatic rings. The minimum atomic E-state index is -0.357. The molecule has 0 bridgehead atoms. The third-order valence-electron chi connectivity index (χ3n) is 3.81. The molecule has 0 aliphatic carbocycles. The van der Waals surface area contributed by atoms with Crippen LogP contribution < -0.4 is 16.0 Å². The highest BCUT2D eigenvalue weighted by molar-refractivity contribution is 5.92. The van der Waals surface area contributed by atoms with Gasteiger partial charge in [0, 0.05) is 18.8 Å². The zero-order chi connectivity index (χ0) is 15.9. The summed E-state index contributed by atoms with van der Waals surface area (Å²) in [6.45, 7) is 4.45.